The number of nitrogens with one attached hydrogen (secondary N) is 1. The molecular weight excluding hydrogens is 236 g/mol. The molecule has 0 aromatic heterocycles. The second-order valence-electron chi connectivity index (χ2n) is 7.83. The summed E-state index contributed by atoms with van der Waals surface area (Å²) in [6.07, 6.45) is 6.09. The van der Waals surface area contributed by atoms with Crippen molar-refractivity contribution >= 4 is 0 Å². The minimum Gasteiger partial charge on any atom is -0.392 e. The summed E-state index contributed by atoms with van der Waals surface area (Å²) in [6, 6.07) is 0.469. The van der Waals surface area contributed by atoms with Gasteiger partial charge in [-0.05, 0) is 39.3 Å². The first-order chi connectivity index (χ1) is 8.78. The Labute approximate surface area is 118 Å². The molecule has 2 aliphatic rings. The summed E-state index contributed by atoms with van der Waals surface area (Å²) in [4.78, 5) is 2.43. The third kappa shape index (κ3) is 2.84. The molecule has 2 saturated carbocycles. The largest absolute Gasteiger partial charge is 0.392 e. The smallest absolute Gasteiger partial charge is 0.0621 e. The molecule has 0 saturated heterocycles. The van der Waals surface area contributed by atoms with Crippen LogP contribution >= 0.6 is 0 Å². The lowest BCUT2D eigenvalue weighted by molar-refractivity contribution is -0.0775. The molecule has 4 atom stereocenters. The van der Waals surface area contributed by atoms with Crippen LogP contribution in [0.3, 0.4) is 0 Å². The summed E-state index contributed by atoms with van der Waals surface area (Å²) in [5.41, 5.74) is 0.349. The van der Waals surface area contributed by atoms with Gasteiger partial charge in [0.05, 0.1) is 6.10 Å². The summed E-state index contributed by atoms with van der Waals surface area (Å²) in [7, 11) is 4.45. The van der Waals surface area contributed by atoms with Crippen molar-refractivity contribution in [3.8, 4) is 0 Å². The molecule has 0 spiro atoms. The van der Waals surface area contributed by atoms with Gasteiger partial charge < -0.3 is 15.3 Å². The Morgan fingerprint density at radius 1 is 1.32 bits per heavy atom. The lowest BCUT2D eigenvalue weighted by Gasteiger charge is -2.52. The van der Waals surface area contributed by atoms with Crippen molar-refractivity contribution in [2.75, 3.05) is 20.6 Å². The molecular formula is C16H32N2O. The standard InChI is InChI=1S/C16H32N2O/c1-12-7-6-8-16(10-12,18(4)5)11-17-13-9-14(19)15(13,2)3/h12-14,17,19H,6-11H2,1-5H3. The fourth-order valence-corrected chi connectivity index (χ4v) is 3.92. The Bertz CT molecular complexity index is 316. The van der Waals surface area contributed by atoms with Gasteiger partial charge in [-0.3, -0.25) is 0 Å². The van der Waals surface area contributed by atoms with Crippen LogP contribution in [-0.4, -0.2) is 48.3 Å². The molecule has 4 unspecified atom stereocenters. The Morgan fingerprint density at radius 3 is 2.47 bits per heavy atom. The van der Waals surface area contributed by atoms with Crippen molar-refractivity contribution in [1.29, 1.82) is 0 Å². The van der Waals surface area contributed by atoms with Crippen molar-refractivity contribution in [3.05, 3.63) is 0 Å². The zero-order valence-electron chi connectivity index (χ0n) is 13.4. The molecule has 2 aliphatic carbocycles. The molecule has 0 heterocycles. The van der Waals surface area contributed by atoms with Crippen LogP contribution in [0.5, 0.6) is 0 Å². The van der Waals surface area contributed by atoms with Gasteiger partial charge in [-0.15, -0.1) is 0 Å². The zero-order valence-corrected chi connectivity index (χ0v) is 13.4. The molecule has 0 aliphatic heterocycles. The van der Waals surface area contributed by atoms with Crippen molar-refractivity contribution in [2.45, 2.75) is 70.6 Å². The molecule has 2 fully saturated rings. The highest BCUT2D eigenvalue weighted by Gasteiger charge is 2.48. The highest BCUT2D eigenvalue weighted by Crippen LogP contribution is 2.41. The summed E-state index contributed by atoms with van der Waals surface area (Å²) in [6.45, 7) is 7.79. The SMILES string of the molecule is CC1CCCC(CNC2CC(O)C2(C)C)(N(C)C)C1. The van der Waals surface area contributed by atoms with Crippen LogP contribution in [0.15, 0.2) is 0 Å². The number of likely N-dealkylation sites (N-methyl/N-ethyl adjacent to an activating group) is 1. The summed E-state index contributed by atoms with van der Waals surface area (Å²) in [5, 5.41) is 13.6. The molecule has 3 heteroatoms. The Balaban J connectivity index is 1.95. The van der Waals surface area contributed by atoms with Crippen LogP contribution < -0.4 is 5.32 Å². The minimum absolute atomic E-state index is 0.0355. The van der Waals surface area contributed by atoms with Gasteiger partial charge in [0.2, 0.25) is 0 Å². The average Bonchev–Trinajstić information content (AvgIpc) is 2.34. The van der Waals surface area contributed by atoms with E-state index in [1.807, 2.05) is 0 Å². The van der Waals surface area contributed by atoms with E-state index in [0.717, 1.165) is 18.9 Å². The van der Waals surface area contributed by atoms with E-state index in [1.165, 1.54) is 25.7 Å². The van der Waals surface area contributed by atoms with E-state index in [-0.39, 0.29) is 11.5 Å². The second kappa shape index (κ2) is 5.34. The van der Waals surface area contributed by atoms with Crippen molar-refractivity contribution < 1.29 is 5.11 Å². The molecule has 0 radical (unpaired) electrons. The van der Waals surface area contributed by atoms with Gasteiger partial charge in [0, 0.05) is 23.5 Å². The summed E-state index contributed by atoms with van der Waals surface area (Å²) >= 11 is 0. The van der Waals surface area contributed by atoms with Crippen LogP contribution in [0.1, 0.15) is 52.9 Å². The average molecular weight is 268 g/mol. The number of aliphatic hydroxyl groups is 1. The van der Waals surface area contributed by atoms with E-state index in [1.54, 1.807) is 0 Å². The van der Waals surface area contributed by atoms with Crippen LogP contribution in [0.4, 0.5) is 0 Å². The molecule has 112 valence electrons. The zero-order chi connectivity index (χ0) is 14.3. The highest BCUT2D eigenvalue weighted by molar-refractivity contribution is 5.04. The maximum Gasteiger partial charge on any atom is 0.0621 e. The van der Waals surface area contributed by atoms with Gasteiger partial charge in [-0.25, -0.2) is 0 Å². The van der Waals surface area contributed by atoms with Crippen LogP contribution in [0.2, 0.25) is 0 Å². The fourth-order valence-electron chi connectivity index (χ4n) is 3.92. The normalized spacial score (nSPS) is 42.2. The Hall–Kier alpha value is -0.120. The molecule has 19 heavy (non-hydrogen) atoms. The Morgan fingerprint density at radius 2 is 2.00 bits per heavy atom. The first-order valence-corrected chi connectivity index (χ1v) is 7.87. The molecule has 0 bridgehead atoms. The number of hydrogen-bond donors (Lipinski definition) is 2. The van der Waals surface area contributed by atoms with E-state index in [4.69, 9.17) is 0 Å². The molecule has 0 amide bonds. The van der Waals surface area contributed by atoms with E-state index >= 15 is 0 Å². The first-order valence-electron chi connectivity index (χ1n) is 7.87. The predicted octanol–water partition coefficient (Wildman–Crippen LogP) is 2.25. The van der Waals surface area contributed by atoms with Gasteiger partial charge in [0.1, 0.15) is 0 Å². The van der Waals surface area contributed by atoms with Crippen LogP contribution in [0, 0.1) is 11.3 Å². The quantitative estimate of drug-likeness (QED) is 0.821. The number of rotatable bonds is 4. The molecule has 2 rings (SSSR count). The summed E-state index contributed by atoms with van der Waals surface area (Å²) < 4.78 is 0. The molecule has 3 nitrogen and oxygen atoms in total. The lowest BCUT2D eigenvalue weighted by Crippen LogP contribution is -2.64. The van der Waals surface area contributed by atoms with Crippen LogP contribution in [0.25, 0.3) is 0 Å². The first kappa shape index (κ1) is 15.3. The molecule has 0 aromatic carbocycles. The van der Waals surface area contributed by atoms with Crippen molar-refractivity contribution in [3.63, 3.8) is 0 Å². The highest BCUT2D eigenvalue weighted by atomic mass is 16.3. The van der Waals surface area contributed by atoms with Crippen LogP contribution in [-0.2, 0) is 0 Å². The third-order valence-electron chi connectivity index (χ3n) is 5.91. The lowest BCUT2D eigenvalue weighted by atomic mass is 9.64. The third-order valence-corrected chi connectivity index (χ3v) is 5.91. The van der Waals surface area contributed by atoms with Gasteiger partial charge in [-0.2, -0.15) is 0 Å². The predicted molar refractivity (Wildman–Crippen MR) is 80.2 cm³/mol. The van der Waals surface area contributed by atoms with E-state index in [2.05, 4.69) is 45.1 Å². The number of hydrogen-bond acceptors (Lipinski definition) is 3. The maximum atomic E-state index is 9.85. The van der Waals surface area contributed by atoms with E-state index in [9.17, 15) is 5.11 Å². The van der Waals surface area contributed by atoms with E-state index in [0.29, 0.717) is 11.6 Å². The fraction of sp³-hybridized carbons (Fsp3) is 1.00. The van der Waals surface area contributed by atoms with Gasteiger partial charge >= 0.3 is 0 Å². The number of nitrogens with zero attached hydrogens (tertiary/aromatic N) is 1. The van der Waals surface area contributed by atoms with Gasteiger partial charge in [-0.1, -0.05) is 33.6 Å². The van der Waals surface area contributed by atoms with Gasteiger partial charge in [0.15, 0.2) is 0 Å². The summed E-state index contributed by atoms with van der Waals surface area (Å²) in [5.74, 6) is 0.831. The monoisotopic (exact) mass is 268 g/mol. The topological polar surface area (TPSA) is 35.5 Å². The van der Waals surface area contributed by atoms with Crippen molar-refractivity contribution in [1.82, 2.24) is 10.2 Å². The molecule has 2 N–H and O–H groups in total. The van der Waals surface area contributed by atoms with E-state index < -0.39 is 0 Å². The molecule has 0 aromatic rings. The Kier molecular flexibility index (Phi) is 4.29. The number of aliphatic hydroxyl groups excluding tert-OH is 1. The minimum atomic E-state index is -0.134. The van der Waals surface area contributed by atoms with Crippen molar-refractivity contribution in [2.24, 2.45) is 11.3 Å². The maximum absolute atomic E-state index is 9.85. The van der Waals surface area contributed by atoms with Gasteiger partial charge in [0.25, 0.3) is 0 Å². The second-order valence-corrected chi connectivity index (χ2v) is 7.83.